The van der Waals surface area contributed by atoms with E-state index in [4.69, 9.17) is 9.05 Å². The van der Waals surface area contributed by atoms with Gasteiger partial charge in [-0.3, -0.25) is 9.88 Å². The molecule has 3 aromatic heterocycles. The molecule has 0 radical (unpaired) electrons. The monoisotopic (exact) mass is 367 g/mol. The van der Waals surface area contributed by atoms with E-state index in [1.54, 1.807) is 12.4 Å². The van der Waals surface area contributed by atoms with Gasteiger partial charge in [0.25, 0.3) is 0 Å². The Labute approximate surface area is 158 Å². The van der Waals surface area contributed by atoms with Gasteiger partial charge in [0, 0.05) is 37.0 Å². The molecule has 1 atom stereocenters. The van der Waals surface area contributed by atoms with Crippen LogP contribution in [0, 0.1) is 5.92 Å². The number of rotatable bonds is 6. The van der Waals surface area contributed by atoms with Crippen LogP contribution in [-0.4, -0.2) is 38.3 Å². The summed E-state index contributed by atoms with van der Waals surface area (Å²) < 4.78 is 11.1. The number of pyridine rings is 1. The second-order valence-electron chi connectivity index (χ2n) is 7.64. The molecule has 0 saturated carbocycles. The van der Waals surface area contributed by atoms with Crippen LogP contribution in [0.5, 0.6) is 0 Å². The number of likely N-dealkylation sites (tertiary alicyclic amines) is 1. The Hall–Kier alpha value is -2.54. The van der Waals surface area contributed by atoms with E-state index in [1.807, 2.05) is 18.2 Å². The van der Waals surface area contributed by atoms with Crippen molar-refractivity contribution in [3.05, 3.63) is 48.1 Å². The minimum Gasteiger partial charge on any atom is -0.359 e. The minimum absolute atomic E-state index is 0.285. The van der Waals surface area contributed by atoms with Crippen LogP contribution in [0.4, 0.5) is 0 Å². The summed E-state index contributed by atoms with van der Waals surface area (Å²) in [7, 11) is 0. The molecule has 0 bridgehead atoms. The Morgan fingerprint density at radius 1 is 1.26 bits per heavy atom. The third kappa shape index (κ3) is 4.42. The molecule has 0 unspecified atom stereocenters. The van der Waals surface area contributed by atoms with E-state index in [0.29, 0.717) is 5.92 Å². The molecule has 27 heavy (non-hydrogen) atoms. The van der Waals surface area contributed by atoms with Crippen LogP contribution in [-0.2, 0) is 13.0 Å². The van der Waals surface area contributed by atoms with Crippen LogP contribution < -0.4 is 0 Å². The second-order valence-corrected chi connectivity index (χ2v) is 7.64. The summed E-state index contributed by atoms with van der Waals surface area (Å²) in [4.78, 5) is 11.1. The summed E-state index contributed by atoms with van der Waals surface area (Å²) in [6.07, 6.45) is 6.59. The maximum atomic E-state index is 5.54. The highest BCUT2D eigenvalue weighted by Gasteiger charge is 2.27. The lowest BCUT2D eigenvalue weighted by atomic mass is 9.98. The lowest BCUT2D eigenvalue weighted by molar-refractivity contribution is 0.165. The van der Waals surface area contributed by atoms with E-state index >= 15 is 0 Å². The first kappa shape index (κ1) is 17.9. The smallest absolute Gasteiger partial charge is 0.231 e. The third-order valence-corrected chi connectivity index (χ3v) is 4.83. The first-order chi connectivity index (χ1) is 13.2. The van der Waals surface area contributed by atoms with E-state index in [0.717, 1.165) is 67.6 Å². The van der Waals surface area contributed by atoms with Gasteiger partial charge in [-0.15, -0.1) is 0 Å². The van der Waals surface area contributed by atoms with Gasteiger partial charge in [-0.25, -0.2) is 0 Å². The standard InChI is InChI=1S/C20H25N5O2/c1-14(2)9-19-22-20(27-24-19)16-6-4-8-25(12-16)13-17-10-18(23-26-17)15-5-3-7-21-11-15/h3,5,7,10-11,14,16H,4,6,8-9,12-13H2,1-2H3/t16-/m1/s1. The lowest BCUT2D eigenvalue weighted by Crippen LogP contribution is -2.33. The highest BCUT2D eigenvalue weighted by atomic mass is 16.5. The summed E-state index contributed by atoms with van der Waals surface area (Å²) in [5, 5.41) is 8.32. The van der Waals surface area contributed by atoms with Crippen LogP contribution in [0.2, 0.25) is 0 Å². The quantitative estimate of drug-likeness (QED) is 0.657. The van der Waals surface area contributed by atoms with Crippen molar-refractivity contribution in [3.8, 4) is 11.3 Å². The molecule has 0 aliphatic carbocycles. The predicted octanol–water partition coefficient (Wildman–Crippen LogP) is 3.70. The fourth-order valence-corrected chi connectivity index (χ4v) is 3.54. The summed E-state index contributed by atoms with van der Waals surface area (Å²) in [6.45, 7) is 6.99. The third-order valence-electron chi connectivity index (χ3n) is 4.83. The van der Waals surface area contributed by atoms with Gasteiger partial charge in [0.2, 0.25) is 5.89 Å². The van der Waals surface area contributed by atoms with Gasteiger partial charge in [-0.1, -0.05) is 24.2 Å². The molecular weight excluding hydrogens is 342 g/mol. The van der Waals surface area contributed by atoms with Crippen molar-refractivity contribution >= 4 is 0 Å². The zero-order valence-electron chi connectivity index (χ0n) is 15.8. The van der Waals surface area contributed by atoms with Gasteiger partial charge in [0.1, 0.15) is 5.69 Å². The predicted molar refractivity (Wildman–Crippen MR) is 99.8 cm³/mol. The van der Waals surface area contributed by atoms with Crippen molar-refractivity contribution in [1.29, 1.82) is 0 Å². The van der Waals surface area contributed by atoms with Crippen molar-refractivity contribution in [2.24, 2.45) is 5.92 Å². The summed E-state index contributed by atoms with van der Waals surface area (Å²) in [6, 6.07) is 5.88. The molecule has 1 saturated heterocycles. The summed E-state index contributed by atoms with van der Waals surface area (Å²) >= 11 is 0. The number of hydrogen-bond acceptors (Lipinski definition) is 7. The van der Waals surface area contributed by atoms with Crippen molar-refractivity contribution in [2.75, 3.05) is 13.1 Å². The number of hydrogen-bond donors (Lipinski definition) is 0. The highest BCUT2D eigenvalue weighted by Crippen LogP contribution is 2.27. The van der Waals surface area contributed by atoms with E-state index < -0.39 is 0 Å². The van der Waals surface area contributed by atoms with Crippen LogP contribution >= 0.6 is 0 Å². The van der Waals surface area contributed by atoms with Gasteiger partial charge in [0.05, 0.1) is 12.5 Å². The lowest BCUT2D eigenvalue weighted by Gasteiger charge is -2.29. The SMILES string of the molecule is CC(C)Cc1noc([C@@H]2CCCN(Cc3cc(-c4cccnc4)no3)C2)n1. The topological polar surface area (TPSA) is 81.1 Å². The van der Waals surface area contributed by atoms with Crippen LogP contribution in [0.3, 0.4) is 0 Å². The number of nitrogens with zero attached hydrogens (tertiary/aromatic N) is 5. The fraction of sp³-hybridized carbons (Fsp3) is 0.500. The van der Waals surface area contributed by atoms with Gasteiger partial charge >= 0.3 is 0 Å². The van der Waals surface area contributed by atoms with Crippen molar-refractivity contribution in [3.63, 3.8) is 0 Å². The van der Waals surface area contributed by atoms with Crippen LogP contribution in [0.15, 0.2) is 39.6 Å². The van der Waals surface area contributed by atoms with E-state index in [1.165, 1.54) is 0 Å². The maximum Gasteiger partial charge on any atom is 0.231 e. The molecule has 4 rings (SSSR count). The van der Waals surface area contributed by atoms with Crippen molar-refractivity contribution in [1.82, 2.24) is 25.2 Å². The van der Waals surface area contributed by atoms with E-state index in [9.17, 15) is 0 Å². The molecule has 1 aliphatic heterocycles. The zero-order chi connectivity index (χ0) is 18.6. The van der Waals surface area contributed by atoms with Gasteiger partial charge in [0.15, 0.2) is 11.6 Å². The maximum absolute atomic E-state index is 5.54. The Morgan fingerprint density at radius 2 is 2.19 bits per heavy atom. The molecule has 4 heterocycles. The molecule has 142 valence electrons. The zero-order valence-corrected chi connectivity index (χ0v) is 15.8. The molecule has 1 fully saturated rings. The number of aromatic nitrogens is 4. The van der Waals surface area contributed by atoms with Gasteiger partial charge in [-0.2, -0.15) is 4.98 Å². The first-order valence-corrected chi connectivity index (χ1v) is 9.58. The molecule has 7 heteroatoms. The molecule has 0 aromatic carbocycles. The van der Waals surface area contributed by atoms with E-state index in [-0.39, 0.29) is 5.92 Å². The van der Waals surface area contributed by atoms with Crippen LogP contribution in [0.25, 0.3) is 11.3 Å². The minimum atomic E-state index is 0.285. The molecule has 0 amide bonds. The van der Waals surface area contributed by atoms with Crippen LogP contribution in [0.1, 0.15) is 50.1 Å². The Kier molecular flexibility index (Phi) is 5.29. The fourth-order valence-electron chi connectivity index (χ4n) is 3.54. The van der Waals surface area contributed by atoms with Gasteiger partial charge in [-0.05, 0) is 37.4 Å². The highest BCUT2D eigenvalue weighted by molar-refractivity contribution is 5.57. The Balaban J connectivity index is 1.39. The molecule has 7 nitrogen and oxygen atoms in total. The Morgan fingerprint density at radius 3 is 3.00 bits per heavy atom. The van der Waals surface area contributed by atoms with Crippen molar-refractivity contribution < 1.29 is 9.05 Å². The molecule has 0 N–H and O–H groups in total. The average molecular weight is 367 g/mol. The first-order valence-electron chi connectivity index (χ1n) is 9.58. The molecule has 1 aliphatic rings. The van der Waals surface area contributed by atoms with Crippen molar-refractivity contribution in [2.45, 2.75) is 45.6 Å². The molecule has 3 aromatic rings. The summed E-state index contributed by atoms with van der Waals surface area (Å²) in [5.41, 5.74) is 1.79. The number of piperidine rings is 1. The molecular formula is C20H25N5O2. The van der Waals surface area contributed by atoms with Gasteiger partial charge < -0.3 is 9.05 Å². The van der Waals surface area contributed by atoms with E-state index in [2.05, 4.69) is 39.0 Å². The Bertz CT molecular complexity index is 858. The second kappa shape index (κ2) is 8.00. The normalized spacial score (nSPS) is 18.3. The molecule has 0 spiro atoms. The summed E-state index contributed by atoms with van der Waals surface area (Å²) in [5.74, 6) is 3.25. The average Bonchev–Trinajstić information content (AvgIpc) is 3.32. The largest absolute Gasteiger partial charge is 0.359 e.